The number of rotatable bonds is 1. The Bertz CT molecular complexity index is 555. The van der Waals surface area contributed by atoms with E-state index in [9.17, 15) is 13.6 Å². The number of cyclic esters (lactones) is 1. The molecular weight excluding hydrogens is 319 g/mol. The molecule has 0 unspecified atom stereocenters. The second-order valence-corrected chi connectivity index (χ2v) is 4.55. The van der Waals surface area contributed by atoms with Crippen molar-refractivity contribution in [1.29, 1.82) is 0 Å². The van der Waals surface area contributed by atoms with E-state index in [1.165, 1.54) is 12.1 Å². The summed E-state index contributed by atoms with van der Waals surface area (Å²) in [6.45, 7) is -0.986. The normalized spacial score (nSPS) is 22.6. The van der Waals surface area contributed by atoms with Gasteiger partial charge in [0.05, 0.1) is 5.02 Å². The van der Waals surface area contributed by atoms with E-state index in [2.05, 4.69) is 10.1 Å². The van der Waals surface area contributed by atoms with Crippen LogP contribution in [-0.4, -0.2) is 25.4 Å². The first-order chi connectivity index (χ1) is 8.97. The SMILES string of the molecule is Cl.O=C1N[C@@H](c2cc3c(cc2Cl)OCO3)C(F)(F)CO1. The average molecular weight is 328 g/mol. The minimum Gasteiger partial charge on any atom is -0.454 e. The van der Waals surface area contributed by atoms with Crippen molar-refractivity contribution in [1.82, 2.24) is 5.32 Å². The average Bonchev–Trinajstić information content (AvgIpc) is 2.78. The van der Waals surface area contributed by atoms with Gasteiger partial charge in [-0.15, -0.1) is 12.4 Å². The highest BCUT2D eigenvalue weighted by molar-refractivity contribution is 6.31. The molecular formula is C11H9Cl2F2NO4. The van der Waals surface area contributed by atoms with Crippen LogP contribution in [0.3, 0.4) is 0 Å². The molecule has 0 spiro atoms. The molecule has 1 aromatic rings. The first-order valence-corrected chi connectivity index (χ1v) is 5.75. The third kappa shape index (κ3) is 2.43. The molecule has 0 aromatic heterocycles. The Kier molecular flexibility index (Phi) is 3.84. The monoisotopic (exact) mass is 327 g/mol. The van der Waals surface area contributed by atoms with E-state index in [1.54, 1.807) is 0 Å². The van der Waals surface area contributed by atoms with Crippen LogP contribution in [0.15, 0.2) is 12.1 Å². The van der Waals surface area contributed by atoms with E-state index >= 15 is 0 Å². The number of benzene rings is 1. The maximum absolute atomic E-state index is 13.8. The number of amides is 1. The highest BCUT2D eigenvalue weighted by Gasteiger charge is 2.48. The fourth-order valence-electron chi connectivity index (χ4n) is 1.97. The summed E-state index contributed by atoms with van der Waals surface area (Å²) in [4.78, 5) is 11.1. The number of alkyl halides is 2. The standard InChI is InChI=1S/C11H8ClF2NO4.ClH/c12-6-2-8-7(18-4-19-8)1-5(6)9-11(13,14)3-17-10(16)15-9;/h1-2,9H,3-4H2,(H,15,16);1H/t9-;/m0./s1. The number of hydrogen-bond acceptors (Lipinski definition) is 4. The second kappa shape index (κ2) is 5.14. The van der Waals surface area contributed by atoms with Crippen LogP contribution in [-0.2, 0) is 4.74 Å². The first kappa shape index (κ1) is 14.9. The Morgan fingerprint density at radius 2 is 1.90 bits per heavy atom. The zero-order valence-electron chi connectivity index (χ0n) is 9.82. The number of ether oxygens (including phenoxy) is 3. The topological polar surface area (TPSA) is 56.8 Å². The second-order valence-electron chi connectivity index (χ2n) is 4.14. The molecule has 1 fully saturated rings. The fourth-order valence-corrected chi connectivity index (χ4v) is 2.23. The summed E-state index contributed by atoms with van der Waals surface area (Å²) >= 11 is 5.96. The molecule has 0 aliphatic carbocycles. The molecule has 1 atom stereocenters. The van der Waals surface area contributed by atoms with E-state index in [0.717, 1.165) is 0 Å². The van der Waals surface area contributed by atoms with Gasteiger partial charge in [0.25, 0.3) is 0 Å². The Balaban J connectivity index is 0.00000147. The van der Waals surface area contributed by atoms with Crippen molar-refractivity contribution in [3.05, 3.63) is 22.7 Å². The lowest BCUT2D eigenvalue weighted by atomic mass is 9.99. The van der Waals surface area contributed by atoms with Crippen molar-refractivity contribution in [3.63, 3.8) is 0 Å². The van der Waals surface area contributed by atoms with Gasteiger partial charge in [0.15, 0.2) is 18.1 Å². The lowest BCUT2D eigenvalue weighted by molar-refractivity contribution is -0.104. The van der Waals surface area contributed by atoms with Crippen LogP contribution in [0.1, 0.15) is 11.6 Å². The maximum Gasteiger partial charge on any atom is 0.408 e. The fraction of sp³-hybridized carbons (Fsp3) is 0.364. The number of nitrogens with one attached hydrogen (secondary N) is 1. The van der Waals surface area contributed by atoms with Crippen LogP contribution in [0, 0.1) is 0 Å². The van der Waals surface area contributed by atoms with Crippen LogP contribution < -0.4 is 14.8 Å². The highest BCUT2D eigenvalue weighted by Crippen LogP contribution is 2.43. The molecule has 9 heteroatoms. The Hall–Kier alpha value is -1.47. The van der Waals surface area contributed by atoms with Gasteiger partial charge in [0, 0.05) is 11.6 Å². The minimum absolute atomic E-state index is 0. The zero-order valence-corrected chi connectivity index (χ0v) is 11.4. The van der Waals surface area contributed by atoms with Crippen molar-refractivity contribution in [3.8, 4) is 11.5 Å². The predicted octanol–water partition coefficient (Wildman–Crippen LogP) is 2.91. The van der Waals surface area contributed by atoms with Gasteiger partial charge in [-0.2, -0.15) is 0 Å². The van der Waals surface area contributed by atoms with E-state index in [4.69, 9.17) is 21.1 Å². The largest absolute Gasteiger partial charge is 0.454 e. The van der Waals surface area contributed by atoms with Crippen molar-refractivity contribution in [2.45, 2.75) is 12.0 Å². The van der Waals surface area contributed by atoms with E-state index in [-0.39, 0.29) is 29.8 Å². The number of fused-ring (bicyclic) bond motifs is 1. The van der Waals surface area contributed by atoms with Crippen LogP contribution in [0.4, 0.5) is 13.6 Å². The maximum atomic E-state index is 13.8. The summed E-state index contributed by atoms with van der Waals surface area (Å²) in [5, 5.41) is 2.13. The van der Waals surface area contributed by atoms with Crippen LogP contribution >= 0.6 is 24.0 Å². The first-order valence-electron chi connectivity index (χ1n) is 5.37. The van der Waals surface area contributed by atoms with E-state index < -0.39 is 24.7 Å². The molecule has 0 radical (unpaired) electrons. The number of halogens is 4. The lowest BCUT2D eigenvalue weighted by Crippen LogP contribution is -2.49. The molecule has 1 N–H and O–H groups in total. The molecule has 1 saturated heterocycles. The molecule has 1 aromatic carbocycles. The quantitative estimate of drug-likeness (QED) is 0.861. The van der Waals surface area contributed by atoms with Crippen LogP contribution in [0.2, 0.25) is 5.02 Å². The third-order valence-electron chi connectivity index (χ3n) is 2.88. The zero-order chi connectivity index (χ0) is 13.6. The van der Waals surface area contributed by atoms with Gasteiger partial charge in [-0.05, 0) is 6.07 Å². The molecule has 20 heavy (non-hydrogen) atoms. The molecule has 2 heterocycles. The lowest BCUT2D eigenvalue weighted by Gasteiger charge is -2.32. The highest BCUT2D eigenvalue weighted by atomic mass is 35.5. The number of carbonyl (C=O) groups excluding carboxylic acids is 1. The van der Waals surface area contributed by atoms with E-state index in [0.29, 0.717) is 11.5 Å². The Labute approximate surface area is 123 Å². The van der Waals surface area contributed by atoms with Gasteiger partial charge < -0.3 is 19.5 Å². The Morgan fingerprint density at radius 1 is 1.25 bits per heavy atom. The van der Waals surface area contributed by atoms with Gasteiger partial charge >= 0.3 is 12.0 Å². The van der Waals surface area contributed by atoms with Gasteiger partial charge in [0.1, 0.15) is 6.04 Å². The molecule has 110 valence electrons. The molecule has 0 bridgehead atoms. The molecule has 3 rings (SSSR count). The minimum atomic E-state index is -3.26. The van der Waals surface area contributed by atoms with Gasteiger partial charge in [0.2, 0.25) is 6.79 Å². The summed E-state index contributed by atoms with van der Waals surface area (Å²) in [7, 11) is 0. The molecule has 1 amide bonds. The summed E-state index contributed by atoms with van der Waals surface area (Å²) < 4.78 is 42.1. The van der Waals surface area contributed by atoms with Crippen molar-refractivity contribution in [2.75, 3.05) is 13.4 Å². The van der Waals surface area contributed by atoms with Gasteiger partial charge in [-0.3, -0.25) is 0 Å². The predicted molar refractivity (Wildman–Crippen MR) is 67.0 cm³/mol. The molecule has 5 nitrogen and oxygen atoms in total. The smallest absolute Gasteiger partial charge is 0.408 e. The molecule has 2 aliphatic heterocycles. The third-order valence-corrected chi connectivity index (χ3v) is 3.21. The van der Waals surface area contributed by atoms with Crippen molar-refractivity contribution >= 4 is 30.1 Å². The van der Waals surface area contributed by atoms with E-state index in [1.807, 2.05) is 0 Å². The summed E-state index contributed by atoms with van der Waals surface area (Å²) in [6.07, 6.45) is -0.912. The summed E-state index contributed by atoms with van der Waals surface area (Å²) in [6, 6.07) is 1.17. The number of carbonyl (C=O) groups is 1. The molecule has 2 aliphatic rings. The summed E-state index contributed by atoms with van der Waals surface area (Å²) in [5.74, 6) is -2.56. The number of hydrogen-bond donors (Lipinski definition) is 1. The molecule has 0 saturated carbocycles. The van der Waals surface area contributed by atoms with Crippen molar-refractivity contribution in [2.24, 2.45) is 0 Å². The van der Waals surface area contributed by atoms with Crippen LogP contribution in [0.25, 0.3) is 0 Å². The van der Waals surface area contributed by atoms with Gasteiger partial charge in [-0.1, -0.05) is 11.6 Å². The van der Waals surface area contributed by atoms with Crippen molar-refractivity contribution < 1.29 is 27.8 Å². The Morgan fingerprint density at radius 3 is 2.60 bits per heavy atom. The van der Waals surface area contributed by atoms with Gasteiger partial charge in [-0.25, -0.2) is 13.6 Å². The number of alkyl carbamates (subject to hydrolysis) is 1. The van der Waals surface area contributed by atoms with Crippen LogP contribution in [0.5, 0.6) is 11.5 Å². The summed E-state index contributed by atoms with van der Waals surface area (Å²) in [5.41, 5.74) is 0.0626.